The van der Waals surface area contributed by atoms with Crippen molar-refractivity contribution in [2.24, 2.45) is 0 Å². The second-order valence-corrected chi connectivity index (χ2v) is 25.1. The van der Waals surface area contributed by atoms with Crippen LogP contribution in [0.1, 0.15) is 13.8 Å². The minimum absolute atomic E-state index is 0.299. The molecule has 384 valence electrons. The lowest BCUT2D eigenvalue weighted by atomic mass is 10.0. The van der Waals surface area contributed by atoms with Gasteiger partial charge in [-0.1, -0.05) is 33.5 Å². The van der Waals surface area contributed by atoms with E-state index in [1.165, 1.54) is 56.1 Å². The van der Waals surface area contributed by atoms with Gasteiger partial charge in [-0.2, -0.15) is 23.4 Å². The molecule has 12 aromatic rings. The van der Waals surface area contributed by atoms with Crippen LogP contribution in [0, 0.1) is 29.5 Å². The Morgan fingerprint density at radius 2 is 1.03 bits per heavy atom. The molecule has 0 aliphatic heterocycles. The summed E-state index contributed by atoms with van der Waals surface area (Å²) in [5.41, 5.74) is 8.86. The van der Waals surface area contributed by atoms with Crippen LogP contribution in [0.4, 0.5) is 22.0 Å². The third kappa shape index (κ3) is 13.4. The summed E-state index contributed by atoms with van der Waals surface area (Å²) >= 11 is 6.60. The molecular formula is C54H49Br2F5N12OSi. The van der Waals surface area contributed by atoms with Crippen LogP contribution in [0.15, 0.2) is 174 Å². The van der Waals surface area contributed by atoms with Crippen molar-refractivity contribution in [1.82, 2.24) is 57.5 Å². The van der Waals surface area contributed by atoms with E-state index in [1.54, 1.807) is 78.1 Å². The topological polar surface area (TPSA) is 125 Å². The van der Waals surface area contributed by atoms with E-state index in [2.05, 4.69) is 86.7 Å². The van der Waals surface area contributed by atoms with E-state index in [0.717, 1.165) is 59.7 Å². The number of H-pyrrole nitrogens is 1. The normalized spacial score (nSPS) is 11.1. The van der Waals surface area contributed by atoms with Crippen LogP contribution in [0.3, 0.4) is 0 Å². The minimum atomic E-state index is -1.17. The van der Waals surface area contributed by atoms with Gasteiger partial charge < -0.3 is 9.14 Å². The first-order valence-electron chi connectivity index (χ1n) is 23.5. The molecule has 0 amide bonds. The molecule has 0 spiro atoms. The molecule has 0 radical (unpaired) electrons. The molecule has 75 heavy (non-hydrogen) atoms. The number of aromatic amines is 1. The first-order valence-corrected chi connectivity index (χ1v) is 28.8. The van der Waals surface area contributed by atoms with E-state index < -0.39 is 20.0 Å². The molecule has 0 atom stereocenters. The maximum absolute atomic E-state index is 14.0. The Morgan fingerprint density at radius 3 is 1.60 bits per heavy atom. The van der Waals surface area contributed by atoms with E-state index in [4.69, 9.17) is 4.74 Å². The van der Waals surface area contributed by atoms with Crippen LogP contribution in [0.5, 0.6) is 0 Å². The number of hydrogen-bond donors (Lipinski definition) is 1. The van der Waals surface area contributed by atoms with Gasteiger partial charge in [0, 0.05) is 100 Å². The average Bonchev–Trinajstić information content (AvgIpc) is 4.30. The Labute approximate surface area is 445 Å². The lowest BCUT2D eigenvalue weighted by molar-refractivity contribution is 0.0788. The Kier molecular flexibility index (Phi) is 17.3. The lowest BCUT2D eigenvalue weighted by Crippen LogP contribution is -2.22. The summed E-state index contributed by atoms with van der Waals surface area (Å²) in [6, 6.07) is 28.1. The molecule has 0 aliphatic carbocycles. The molecule has 0 fully saturated rings. The first kappa shape index (κ1) is 53.7. The van der Waals surface area contributed by atoms with Gasteiger partial charge in [-0.3, -0.25) is 18.3 Å². The van der Waals surface area contributed by atoms with Crippen LogP contribution >= 0.6 is 31.9 Å². The molecule has 10 aromatic heterocycles. The zero-order valence-electron chi connectivity index (χ0n) is 41.2. The van der Waals surface area contributed by atoms with Crippen molar-refractivity contribution in [2.45, 2.75) is 46.3 Å². The maximum Gasteiger partial charge on any atom is 0.217 e. The van der Waals surface area contributed by atoms with E-state index in [-0.39, 0.29) is 17.6 Å². The van der Waals surface area contributed by atoms with Gasteiger partial charge in [0.2, 0.25) is 17.8 Å². The Hall–Kier alpha value is -7.59. The third-order valence-electron chi connectivity index (χ3n) is 11.2. The largest absolute Gasteiger partial charge is 0.360 e. The van der Waals surface area contributed by atoms with Gasteiger partial charge in [0.25, 0.3) is 0 Å². The third-order valence-corrected chi connectivity index (χ3v) is 13.8. The molecule has 10 heterocycles. The SMILES string of the molecule is Brc1ccc2nccn2c1.CC.C[Si](C)(C)CCOCn1cc(-c2ccc3ncc(F)n3c2)c(-c2ccc(F)cc2)n1.Fc1ccc(-c2[nH]ncc2-c2ccc3ncc(F)n3c2)cc1.Fc1cnc2ccc(Br)cn12. The van der Waals surface area contributed by atoms with Gasteiger partial charge in [-0.15, -0.1) is 0 Å². The lowest BCUT2D eigenvalue weighted by Gasteiger charge is -2.15. The Balaban J connectivity index is 0.000000144. The number of nitrogens with one attached hydrogen (secondary N) is 1. The highest BCUT2D eigenvalue weighted by molar-refractivity contribution is 9.10. The highest BCUT2D eigenvalue weighted by Crippen LogP contribution is 2.33. The summed E-state index contributed by atoms with van der Waals surface area (Å²) in [5.74, 6) is -1.81. The number of aromatic nitrogens is 12. The van der Waals surface area contributed by atoms with Gasteiger partial charge in [-0.25, -0.2) is 33.4 Å². The molecule has 1 N–H and O–H groups in total. The highest BCUT2D eigenvalue weighted by atomic mass is 79.9. The number of hydrogen-bond acceptors (Lipinski definition) is 7. The number of rotatable bonds is 9. The second-order valence-electron chi connectivity index (χ2n) is 17.6. The summed E-state index contributed by atoms with van der Waals surface area (Å²) in [5, 5.41) is 11.6. The first-order chi connectivity index (χ1) is 36.2. The fraction of sp³-hybridized carbons (Fsp3) is 0.148. The Morgan fingerprint density at radius 1 is 0.533 bits per heavy atom. The molecule has 21 heteroatoms. The quantitative estimate of drug-likeness (QED) is 0.0867. The number of imidazole rings is 4. The standard InChI is InChI=1S/C22H24F2N4OSi.C16H10F2N4.C7H4BrFN2.C7H5BrN2.C2H6/c1-30(2,3)11-10-29-15-27-14-19(22(26-27)16-4-7-18(23)8-5-16)17-6-9-21-25-12-20(24)28(21)13-17;17-12-4-1-10(2-5-12)16-13(7-20-21-16)11-3-6-15-19-8-14(18)22(15)9-11;8-5-1-2-7-10-3-6(9)11(7)4-5;8-6-1-2-7-9-3-4-10(7)5-6;1-2/h4-9,12-14H,10-11,15H2,1-3H3;1-9H,(H,20,21);1-4H;1-5H;1-2H3. The van der Waals surface area contributed by atoms with E-state index in [0.29, 0.717) is 36.0 Å². The molecular weight excluding hydrogens is 1120 g/mol. The molecule has 0 saturated heterocycles. The number of fused-ring (bicyclic) bond motifs is 4. The average molecular weight is 1160 g/mol. The van der Waals surface area contributed by atoms with Gasteiger partial charge in [0.15, 0.2) is 0 Å². The van der Waals surface area contributed by atoms with Crippen molar-refractivity contribution in [2.75, 3.05) is 6.61 Å². The second kappa shape index (κ2) is 24.2. The van der Waals surface area contributed by atoms with Crippen molar-refractivity contribution >= 4 is 62.5 Å². The van der Waals surface area contributed by atoms with Crippen molar-refractivity contribution in [3.8, 4) is 44.8 Å². The fourth-order valence-corrected chi connectivity index (χ4v) is 8.88. The predicted octanol–water partition coefficient (Wildman–Crippen LogP) is 14.5. The van der Waals surface area contributed by atoms with Crippen LogP contribution in [-0.2, 0) is 11.5 Å². The summed E-state index contributed by atoms with van der Waals surface area (Å²) in [7, 11) is -1.17. The predicted molar refractivity (Wildman–Crippen MR) is 291 cm³/mol. The van der Waals surface area contributed by atoms with E-state index >= 15 is 0 Å². The minimum Gasteiger partial charge on any atom is -0.360 e. The van der Waals surface area contributed by atoms with Gasteiger partial charge >= 0.3 is 0 Å². The van der Waals surface area contributed by atoms with Crippen LogP contribution in [0.25, 0.3) is 67.4 Å². The van der Waals surface area contributed by atoms with Gasteiger partial charge in [0.05, 0.1) is 30.5 Å². The van der Waals surface area contributed by atoms with Gasteiger partial charge in [0.1, 0.15) is 46.6 Å². The highest BCUT2D eigenvalue weighted by Gasteiger charge is 2.17. The van der Waals surface area contributed by atoms with Gasteiger partial charge in [-0.05, 0) is 135 Å². The number of halogens is 7. The maximum atomic E-state index is 14.0. The van der Waals surface area contributed by atoms with E-state index in [1.807, 2.05) is 67.2 Å². The molecule has 0 aliphatic rings. The molecule has 13 nitrogen and oxygen atoms in total. The zero-order valence-corrected chi connectivity index (χ0v) is 45.4. The number of benzene rings is 2. The zero-order chi connectivity index (χ0) is 53.2. The molecule has 12 rings (SSSR count). The van der Waals surface area contributed by atoms with Crippen LogP contribution in [0.2, 0.25) is 25.7 Å². The number of nitrogens with zero attached hydrogens (tertiary/aromatic N) is 11. The molecule has 2 aromatic carbocycles. The van der Waals surface area contributed by atoms with Crippen molar-refractivity contribution in [3.63, 3.8) is 0 Å². The van der Waals surface area contributed by atoms with Crippen molar-refractivity contribution in [1.29, 1.82) is 0 Å². The summed E-state index contributed by atoms with van der Waals surface area (Å²) < 4.78 is 82.6. The summed E-state index contributed by atoms with van der Waals surface area (Å²) in [6.45, 7) is 11.9. The van der Waals surface area contributed by atoms with Crippen LogP contribution in [-0.4, -0.2) is 72.2 Å². The molecule has 0 saturated carbocycles. The van der Waals surface area contributed by atoms with Crippen LogP contribution < -0.4 is 0 Å². The summed E-state index contributed by atoms with van der Waals surface area (Å²) in [6.07, 6.45) is 17.8. The monoisotopic (exact) mass is 1160 g/mol. The smallest absolute Gasteiger partial charge is 0.217 e. The van der Waals surface area contributed by atoms with E-state index in [9.17, 15) is 22.0 Å². The summed E-state index contributed by atoms with van der Waals surface area (Å²) in [4.78, 5) is 15.9. The van der Waals surface area contributed by atoms with Crippen molar-refractivity contribution in [3.05, 3.63) is 204 Å². The number of pyridine rings is 4. The Bertz CT molecular complexity index is 3810. The fourth-order valence-electron chi connectivity index (χ4n) is 7.44. The van der Waals surface area contributed by atoms with Crippen molar-refractivity contribution < 1.29 is 26.7 Å². The molecule has 0 bridgehead atoms. The molecule has 0 unspecified atom stereocenters. The number of ether oxygens (including phenoxy) is 1.